The van der Waals surface area contributed by atoms with Crippen molar-refractivity contribution in [2.75, 3.05) is 5.32 Å². The van der Waals surface area contributed by atoms with Crippen molar-refractivity contribution in [1.82, 2.24) is 13.8 Å². The van der Waals surface area contributed by atoms with Gasteiger partial charge in [-0.1, -0.05) is 15.9 Å². The Hall–Kier alpha value is -2.49. The van der Waals surface area contributed by atoms with E-state index in [4.69, 9.17) is 0 Å². The van der Waals surface area contributed by atoms with Crippen LogP contribution in [0.1, 0.15) is 15.9 Å². The third kappa shape index (κ3) is 5.05. The van der Waals surface area contributed by atoms with Crippen LogP contribution in [0.4, 0.5) is 5.69 Å². The molecule has 5 rings (SSSR count). The number of hydrogen-bond acceptors (Lipinski definition) is 6. The summed E-state index contributed by atoms with van der Waals surface area (Å²) in [6.07, 6.45) is 0. The van der Waals surface area contributed by atoms with Crippen LogP contribution >= 0.6 is 39.0 Å². The standard InChI is InChI=1S/C23H15BrN4O2S2Se/c24-16-9-11-17(12-10-16)25-20(29)15-7-5-14(6-8-15)13-31-23-27-26-22(32-23)28-21(30)18-3-1-2-4-19(18)33-28/h1-12H,13H2,(H,25,29). The number of thioether (sulfide) groups is 1. The summed E-state index contributed by atoms with van der Waals surface area (Å²) < 4.78 is 4.58. The number of fused-ring (bicyclic) bond motifs is 1. The number of aromatic nitrogens is 3. The number of halogens is 1. The van der Waals surface area contributed by atoms with Gasteiger partial charge in [0.25, 0.3) is 0 Å². The van der Waals surface area contributed by atoms with Gasteiger partial charge in [0.05, 0.1) is 0 Å². The molecule has 0 aliphatic rings. The van der Waals surface area contributed by atoms with E-state index in [1.807, 2.05) is 72.8 Å². The molecule has 2 aromatic heterocycles. The van der Waals surface area contributed by atoms with Gasteiger partial charge in [0.1, 0.15) is 0 Å². The SMILES string of the molecule is O=C(Nc1ccc(Br)cc1)c1ccc(CSc2nnc(-n3[se]c4ccccc4c3=O)s2)cc1. The molecule has 164 valence electrons. The Balaban J connectivity index is 1.22. The Labute approximate surface area is 211 Å². The van der Waals surface area contributed by atoms with Crippen molar-refractivity contribution in [3.63, 3.8) is 0 Å². The molecule has 1 amide bonds. The zero-order chi connectivity index (χ0) is 22.8. The van der Waals surface area contributed by atoms with E-state index in [0.29, 0.717) is 16.4 Å². The van der Waals surface area contributed by atoms with Crippen LogP contribution in [0.5, 0.6) is 0 Å². The predicted octanol–water partition coefficient (Wildman–Crippen LogP) is 5.21. The molecule has 0 radical (unpaired) electrons. The third-order valence-corrected chi connectivity index (χ3v) is 9.90. The fraction of sp³-hybridized carbons (Fsp3) is 0.0435. The molecule has 0 atom stereocenters. The minimum absolute atomic E-state index is 0.00435. The molecule has 0 spiro atoms. The first-order valence-corrected chi connectivity index (χ1v) is 14.0. The maximum atomic E-state index is 12.6. The summed E-state index contributed by atoms with van der Waals surface area (Å²) in [5.74, 6) is 0.547. The van der Waals surface area contributed by atoms with Crippen molar-refractivity contribution < 1.29 is 4.79 Å². The second-order valence-corrected chi connectivity index (χ2v) is 12.2. The average Bonchev–Trinajstić information content (AvgIpc) is 3.44. The van der Waals surface area contributed by atoms with Gasteiger partial charge in [-0.2, -0.15) is 0 Å². The van der Waals surface area contributed by atoms with Crippen LogP contribution in [-0.2, 0) is 5.75 Å². The van der Waals surface area contributed by atoms with Crippen LogP contribution in [-0.4, -0.2) is 34.4 Å². The number of benzene rings is 3. The van der Waals surface area contributed by atoms with Gasteiger partial charge in [0.2, 0.25) is 0 Å². The Morgan fingerprint density at radius 3 is 2.55 bits per heavy atom. The van der Waals surface area contributed by atoms with Gasteiger partial charge in [0, 0.05) is 10.2 Å². The first-order chi connectivity index (χ1) is 16.1. The van der Waals surface area contributed by atoms with E-state index in [2.05, 4.69) is 31.4 Å². The first-order valence-electron chi connectivity index (χ1n) is 9.80. The molecule has 2 heterocycles. The van der Waals surface area contributed by atoms with Gasteiger partial charge >= 0.3 is 162 Å². The molecule has 0 saturated heterocycles. The molecule has 6 nitrogen and oxygen atoms in total. The fourth-order valence-electron chi connectivity index (χ4n) is 3.07. The summed E-state index contributed by atoms with van der Waals surface area (Å²) >= 11 is 6.27. The van der Waals surface area contributed by atoms with Gasteiger partial charge in [-0.25, -0.2) is 0 Å². The number of carbonyl (C=O) groups is 1. The van der Waals surface area contributed by atoms with Gasteiger partial charge in [-0.15, -0.1) is 0 Å². The molecule has 0 aliphatic carbocycles. The maximum absolute atomic E-state index is 12.6. The fourth-order valence-corrected chi connectivity index (χ4v) is 7.33. The van der Waals surface area contributed by atoms with E-state index in [1.54, 1.807) is 15.3 Å². The van der Waals surface area contributed by atoms with Crippen molar-refractivity contribution in [2.24, 2.45) is 0 Å². The summed E-state index contributed by atoms with van der Waals surface area (Å²) in [6, 6.07) is 22.7. The third-order valence-electron chi connectivity index (χ3n) is 4.74. The van der Waals surface area contributed by atoms with E-state index >= 15 is 0 Å². The van der Waals surface area contributed by atoms with Gasteiger partial charge in [-0.05, 0) is 24.3 Å². The molecule has 5 aromatic rings. The van der Waals surface area contributed by atoms with E-state index in [-0.39, 0.29) is 26.2 Å². The monoisotopic (exact) mass is 602 g/mol. The van der Waals surface area contributed by atoms with Gasteiger partial charge < -0.3 is 0 Å². The van der Waals surface area contributed by atoms with E-state index in [9.17, 15) is 9.59 Å². The Morgan fingerprint density at radius 2 is 1.79 bits per heavy atom. The molecule has 33 heavy (non-hydrogen) atoms. The van der Waals surface area contributed by atoms with Crippen LogP contribution in [0.3, 0.4) is 0 Å². The molecule has 0 unspecified atom stereocenters. The second-order valence-electron chi connectivity index (χ2n) is 6.98. The molecule has 1 N–H and O–H groups in total. The first kappa shape index (κ1) is 22.3. The number of nitrogens with one attached hydrogen (secondary N) is 1. The number of anilines is 1. The Bertz CT molecular complexity index is 1490. The number of carbonyl (C=O) groups excluding carboxylic acids is 1. The zero-order valence-corrected chi connectivity index (χ0v) is 21.8. The van der Waals surface area contributed by atoms with E-state index in [0.717, 1.165) is 29.7 Å². The summed E-state index contributed by atoms with van der Waals surface area (Å²) in [7, 11) is 0. The van der Waals surface area contributed by atoms with Crippen molar-refractivity contribution >= 4 is 75.0 Å². The Kier molecular flexibility index (Phi) is 6.62. The van der Waals surface area contributed by atoms with Crippen LogP contribution in [0.2, 0.25) is 0 Å². The van der Waals surface area contributed by atoms with Gasteiger partial charge in [0.15, 0.2) is 0 Å². The number of rotatable bonds is 6. The molecule has 3 aromatic carbocycles. The minimum atomic E-state index is -0.150. The molecule has 10 heteroatoms. The molecule has 0 aliphatic heterocycles. The molecule has 0 bridgehead atoms. The summed E-state index contributed by atoms with van der Waals surface area (Å²) in [5.41, 5.74) is 2.41. The van der Waals surface area contributed by atoms with Gasteiger partial charge in [-0.3, -0.25) is 0 Å². The topological polar surface area (TPSA) is 76.9 Å². The second kappa shape index (κ2) is 9.79. The van der Waals surface area contributed by atoms with Crippen molar-refractivity contribution in [1.29, 1.82) is 0 Å². The van der Waals surface area contributed by atoms with Crippen molar-refractivity contribution in [2.45, 2.75) is 10.1 Å². The Morgan fingerprint density at radius 1 is 1.03 bits per heavy atom. The summed E-state index contributed by atoms with van der Waals surface area (Å²) in [5, 5.41) is 12.8. The summed E-state index contributed by atoms with van der Waals surface area (Å²) in [6.45, 7) is 0. The zero-order valence-electron chi connectivity index (χ0n) is 16.9. The number of amides is 1. The molecule has 0 fully saturated rings. The quantitative estimate of drug-likeness (QED) is 0.214. The summed E-state index contributed by atoms with van der Waals surface area (Å²) in [4.78, 5) is 25.1. The van der Waals surface area contributed by atoms with Crippen LogP contribution in [0.25, 0.3) is 14.8 Å². The van der Waals surface area contributed by atoms with Crippen LogP contribution < -0.4 is 10.9 Å². The van der Waals surface area contributed by atoms with Crippen molar-refractivity contribution in [3.05, 3.63) is 98.7 Å². The average molecular weight is 602 g/mol. The van der Waals surface area contributed by atoms with E-state index < -0.39 is 0 Å². The normalized spacial score (nSPS) is 11.1. The van der Waals surface area contributed by atoms with Crippen molar-refractivity contribution in [3.8, 4) is 5.13 Å². The van der Waals surface area contributed by atoms with E-state index in [1.165, 1.54) is 11.3 Å². The van der Waals surface area contributed by atoms with Crippen LogP contribution in [0, 0.1) is 0 Å². The molecular weight excluding hydrogens is 587 g/mol. The van der Waals surface area contributed by atoms with Crippen LogP contribution in [0.15, 0.2) is 86.4 Å². The predicted molar refractivity (Wildman–Crippen MR) is 138 cm³/mol. The molecule has 0 saturated carbocycles. The molecular formula is C23H15BrN4O2S2Se. The number of hydrogen-bond donors (Lipinski definition) is 1. The number of nitrogens with zero attached hydrogens (tertiary/aromatic N) is 3.